The molecule has 0 aromatic rings. The molecule has 0 saturated heterocycles. The molecule has 15 heavy (non-hydrogen) atoms. The van der Waals surface area contributed by atoms with E-state index in [1.165, 1.54) is 0 Å². The van der Waals surface area contributed by atoms with Gasteiger partial charge in [-0.05, 0) is 19.8 Å². The molecule has 0 aliphatic rings. The highest BCUT2D eigenvalue weighted by Crippen LogP contribution is 2.09. The van der Waals surface area contributed by atoms with Crippen LogP contribution in [0.2, 0.25) is 0 Å². The lowest BCUT2D eigenvalue weighted by Gasteiger charge is -2.22. The smallest absolute Gasteiger partial charge is 0.233 e. The molecule has 0 aromatic heterocycles. The number of hydrogen-bond acceptors (Lipinski definition) is 3. The molecule has 0 aliphatic heterocycles. The van der Waals surface area contributed by atoms with Crippen molar-refractivity contribution < 1.29 is 9.90 Å². The SMILES string of the molecule is CCCNC(=O)CNCC(C)(O)CCC. The summed E-state index contributed by atoms with van der Waals surface area (Å²) in [5.41, 5.74) is -0.709. The zero-order valence-corrected chi connectivity index (χ0v) is 10.1. The summed E-state index contributed by atoms with van der Waals surface area (Å²) in [5, 5.41) is 15.5. The highest BCUT2D eigenvalue weighted by atomic mass is 16.3. The van der Waals surface area contributed by atoms with E-state index in [0.717, 1.165) is 19.3 Å². The van der Waals surface area contributed by atoms with Crippen molar-refractivity contribution in [3.8, 4) is 0 Å². The highest BCUT2D eigenvalue weighted by Gasteiger charge is 2.18. The summed E-state index contributed by atoms with van der Waals surface area (Å²) >= 11 is 0. The van der Waals surface area contributed by atoms with Gasteiger partial charge in [0, 0.05) is 13.1 Å². The van der Waals surface area contributed by atoms with Gasteiger partial charge in [-0.15, -0.1) is 0 Å². The molecule has 1 atom stereocenters. The van der Waals surface area contributed by atoms with Gasteiger partial charge in [0.05, 0.1) is 12.1 Å². The third-order valence-electron chi connectivity index (χ3n) is 2.15. The molecule has 0 aliphatic carbocycles. The van der Waals surface area contributed by atoms with E-state index in [2.05, 4.69) is 10.6 Å². The number of rotatable bonds is 8. The van der Waals surface area contributed by atoms with Crippen LogP contribution in [0, 0.1) is 0 Å². The van der Waals surface area contributed by atoms with Gasteiger partial charge < -0.3 is 15.7 Å². The van der Waals surface area contributed by atoms with Crippen LogP contribution in [-0.4, -0.2) is 36.2 Å². The summed E-state index contributed by atoms with van der Waals surface area (Å²) in [5.74, 6) is -0.0100. The molecule has 4 heteroatoms. The van der Waals surface area contributed by atoms with Crippen molar-refractivity contribution in [3.63, 3.8) is 0 Å². The predicted molar refractivity (Wildman–Crippen MR) is 61.7 cm³/mol. The molecule has 90 valence electrons. The van der Waals surface area contributed by atoms with Gasteiger partial charge in [-0.25, -0.2) is 0 Å². The third-order valence-corrected chi connectivity index (χ3v) is 2.15. The van der Waals surface area contributed by atoms with Crippen molar-refractivity contribution in [1.29, 1.82) is 0 Å². The number of hydrogen-bond donors (Lipinski definition) is 3. The molecule has 0 aromatic carbocycles. The lowest BCUT2D eigenvalue weighted by atomic mass is 10.0. The number of aliphatic hydroxyl groups is 1. The molecule has 4 nitrogen and oxygen atoms in total. The molecule has 1 amide bonds. The Morgan fingerprint density at radius 1 is 1.33 bits per heavy atom. The Morgan fingerprint density at radius 3 is 2.53 bits per heavy atom. The average molecular weight is 216 g/mol. The van der Waals surface area contributed by atoms with Crippen LogP contribution in [0.15, 0.2) is 0 Å². The fourth-order valence-electron chi connectivity index (χ4n) is 1.40. The van der Waals surface area contributed by atoms with Gasteiger partial charge >= 0.3 is 0 Å². The summed E-state index contributed by atoms with van der Waals surface area (Å²) in [6.07, 6.45) is 2.63. The van der Waals surface area contributed by atoms with Crippen LogP contribution in [0.3, 0.4) is 0 Å². The van der Waals surface area contributed by atoms with Crippen molar-refractivity contribution in [3.05, 3.63) is 0 Å². The van der Waals surface area contributed by atoms with E-state index in [4.69, 9.17) is 0 Å². The van der Waals surface area contributed by atoms with Crippen molar-refractivity contribution in [2.45, 2.75) is 45.6 Å². The molecule has 0 rings (SSSR count). The molecule has 0 saturated carbocycles. The molecule has 0 heterocycles. The van der Waals surface area contributed by atoms with Gasteiger partial charge in [-0.3, -0.25) is 4.79 Å². The molecule has 0 bridgehead atoms. The van der Waals surface area contributed by atoms with Crippen molar-refractivity contribution in [2.75, 3.05) is 19.6 Å². The Morgan fingerprint density at radius 2 is 2.00 bits per heavy atom. The fraction of sp³-hybridized carbons (Fsp3) is 0.909. The van der Waals surface area contributed by atoms with Crippen molar-refractivity contribution in [2.24, 2.45) is 0 Å². The first-order valence-corrected chi connectivity index (χ1v) is 5.71. The van der Waals surface area contributed by atoms with Gasteiger partial charge in [-0.2, -0.15) is 0 Å². The normalized spacial score (nSPS) is 14.7. The minimum absolute atomic E-state index is 0.0100. The molecular formula is C11H24N2O2. The van der Waals surface area contributed by atoms with Crippen LogP contribution in [-0.2, 0) is 4.79 Å². The minimum atomic E-state index is -0.709. The van der Waals surface area contributed by atoms with E-state index in [9.17, 15) is 9.90 Å². The van der Waals surface area contributed by atoms with Gasteiger partial charge in [-0.1, -0.05) is 20.3 Å². The maximum atomic E-state index is 11.2. The summed E-state index contributed by atoms with van der Waals surface area (Å²) in [6.45, 7) is 7.28. The monoisotopic (exact) mass is 216 g/mol. The first-order valence-electron chi connectivity index (χ1n) is 5.71. The van der Waals surface area contributed by atoms with Crippen LogP contribution in [0.5, 0.6) is 0 Å². The van der Waals surface area contributed by atoms with E-state index in [-0.39, 0.29) is 12.5 Å². The van der Waals surface area contributed by atoms with Crippen LogP contribution < -0.4 is 10.6 Å². The Hall–Kier alpha value is -0.610. The van der Waals surface area contributed by atoms with Crippen LogP contribution in [0.4, 0.5) is 0 Å². The van der Waals surface area contributed by atoms with Gasteiger partial charge in [0.2, 0.25) is 5.91 Å². The van der Waals surface area contributed by atoms with Gasteiger partial charge in [0.15, 0.2) is 0 Å². The fourth-order valence-corrected chi connectivity index (χ4v) is 1.40. The van der Waals surface area contributed by atoms with E-state index >= 15 is 0 Å². The molecule has 0 radical (unpaired) electrons. The summed E-state index contributed by atoms with van der Waals surface area (Å²) in [6, 6.07) is 0. The maximum absolute atomic E-state index is 11.2. The number of carbonyl (C=O) groups excluding carboxylic acids is 1. The van der Waals surface area contributed by atoms with Gasteiger partial charge in [0.25, 0.3) is 0 Å². The van der Waals surface area contributed by atoms with Crippen LogP contribution in [0.1, 0.15) is 40.0 Å². The molecule has 3 N–H and O–H groups in total. The second kappa shape index (κ2) is 7.65. The Labute approximate surface area is 92.4 Å². The molecule has 0 fully saturated rings. The topological polar surface area (TPSA) is 61.4 Å². The minimum Gasteiger partial charge on any atom is -0.389 e. The number of nitrogens with one attached hydrogen (secondary N) is 2. The first-order chi connectivity index (χ1) is 7.02. The Bertz CT molecular complexity index is 181. The zero-order valence-electron chi connectivity index (χ0n) is 10.1. The van der Waals surface area contributed by atoms with E-state index < -0.39 is 5.60 Å². The largest absolute Gasteiger partial charge is 0.389 e. The predicted octanol–water partition coefficient (Wildman–Crippen LogP) is 0.653. The first kappa shape index (κ1) is 14.4. The quantitative estimate of drug-likeness (QED) is 0.558. The lowest BCUT2D eigenvalue weighted by Crippen LogP contribution is -2.42. The highest BCUT2D eigenvalue weighted by molar-refractivity contribution is 5.77. The number of carbonyl (C=O) groups is 1. The second-order valence-corrected chi connectivity index (χ2v) is 4.20. The summed E-state index contributed by atoms with van der Waals surface area (Å²) < 4.78 is 0. The summed E-state index contributed by atoms with van der Waals surface area (Å²) in [4.78, 5) is 11.2. The van der Waals surface area contributed by atoms with Crippen LogP contribution >= 0.6 is 0 Å². The van der Waals surface area contributed by atoms with E-state index in [1.807, 2.05) is 13.8 Å². The lowest BCUT2D eigenvalue weighted by molar-refractivity contribution is -0.120. The summed E-state index contributed by atoms with van der Waals surface area (Å²) in [7, 11) is 0. The van der Waals surface area contributed by atoms with Crippen molar-refractivity contribution in [1.82, 2.24) is 10.6 Å². The molecule has 0 spiro atoms. The standard InChI is InChI=1S/C11H24N2O2/c1-4-6-11(3,15)9-12-8-10(14)13-7-5-2/h12,15H,4-9H2,1-3H3,(H,13,14). The number of amides is 1. The van der Waals surface area contributed by atoms with E-state index in [0.29, 0.717) is 13.1 Å². The molecule has 1 unspecified atom stereocenters. The van der Waals surface area contributed by atoms with Crippen LogP contribution in [0.25, 0.3) is 0 Å². The third kappa shape index (κ3) is 8.39. The van der Waals surface area contributed by atoms with Crippen molar-refractivity contribution >= 4 is 5.91 Å². The van der Waals surface area contributed by atoms with Gasteiger partial charge in [0.1, 0.15) is 0 Å². The van der Waals surface area contributed by atoms with E-state index in [1.54, 1.807) is 6.92 Å². The maximum Gasteiger partial charge on any atom is 0.233 e. The second-order valence-electron chi connectivity index (χ2n) is 4.20. The zero-order chi connectivity index (χ0) is 11.7. The Balaban J connectivity index is 3.55. The Kier molecular flexibility index (Phi) is 7.34. The average Bonchev–Trinajstić information content (AvgIpc) is 2.14. The molecular weight excluding hydrogens is 192 g/mol.